The van der Waals surface area contributed by atoms with Crippen LogP contribution in [0.5, 0.6) is 0 Å². The molecule has 2 aromatic rings. The molecule has 0 radical (unpaired) electrons. The second-order valence-corrected chi connectivity index (χ2v) is 11.2. The van der Waals surface area contributed by atoms with Crippen LogP contribution in [0, 0.1) is 17.8 Å². The van der Waals surface area contributed by atoms with Crippen molar-refractivity contribution >= 4 is 17.8 Å². The number of hydrogen-bond acceptors (Lipinski definition) is 4. The number of hydrogen-bond donors (Lipinski definition) is 2. The number of fused-ring (bicyclic) bond motifs is 1. The average molecular weight is 517 g/mol. The van der Waals surface area contributed by atoms with Gasteiger partial charge in [-0.25, -0.2) is 4.79 Å². The normalized spacial score (nSPS) is 24.5. The molecule has 202 valence electrons. The molecule has 3 atom stereocenters. The first-order valence-electron chi connectivity index (χ1n) is 14.3. The topological polar surface area (TPSA) is 81.8 Å². The highest BCUT2D eigenvalue weighted by molar-refractivity contribution is 5.99. The van der Waals surface area contributed by atoms with E-state index in [-0.39, 0.29) is 35.7 Å². The number of amides is 4. The van der Waals surface area contributed by atoms with Crippen molar-refractivity contribution in [1.82, 2.24) is 20.4 Å². The maximum Gasteiger partial charge on any atom is 0.324 e. The number of piperidine rings is 1. The molecule has 7 heteroatoms. The number of carbonyl (C=O) groups is 3. The molecule has 2 aliphatic heterocycles. The number of rotatable bonds is 9. The summed E-state index contributed by atoms with van der Waals surface area (Å²) in [4.78, 5) is 42.5. The maximum absolute atomic E-state index is 13.1. The molecule has 4 amide bonds. The first-order valence-corrected chi connectivity index (χ1v) is 14.3. The first kappa shape index (κ1) is 26.4. The van der Waals surface area contributed by atoms with Crippen molar-refractivity contribution in [1.29, 1.82) is 0 Å². The van der Waals surface area contributed by atoms with E-state index in [4.69, 9.17) is 0 Å². The second-order valence-electron chi connectivity index (χ2n) is 11.2. The van der Waals surface area contributed by atoms with Gasteiger partial charge in [-0.3, -0.25) is 14.5 Å². The Kier molecular flexibility index (Phi) is 8.74. The lowest BCUT2D eigenvalue weighted by Crippen LogP contribution is -2.62. The Labute approximate surface area is 226 Å². The Morgan fingerprint density at radius 1 is 0.868 bits per heavy atom. The maximum atomic E-state index is 13.1. The molecule has 0 bridgehead atoms. The third kappa shape index (κ3) is 6.62. The van der Waals surface area contributed by atoms with Gasteiger partial charge in [-0.1, -0.05) is 60.7 Å². The third-order valence-corrected chi connectivity index (χ3v) is 8.63. The summed E-state index contributed by atoms with van der Waals surface area (Å²) < 4.78 is 0. The van der Waals surface area contributed by atoms with Crippen LogP contribution < -0.4 is 10.6 Å². The fourth-order valence-electron chi connectivity index (χ4n) is 6.34. The molecule has 3 aliphatic rings. The summed E-state index contributed by atoms with van der Waals surface area (Å²) in [6.45, 7) is 4.05. The number of carbonyl (C=O) groups excluding carboxylic acids is 3. The van der Waals surface area contributed by atoms with Gasteiger partial charge in [0.05, 0.1) is 5.92 Å². The smallest absolute Gasteiger partial charge is 0.324 e. The Morgan fingerprint density at radius 2 is 1.55 bits per heavy atom. The summed E-state index contributed by atoms with van der Waals surface area (Å²) in [6.07, 6.45) is 6.05. The van der Waals surface area contributed by atoms with E-state index in [1.165, 1.54) is 23.3 Å². The third-order valence-electron chi connectivity index (χ3n) is 8.63. The van der Waals surface area contributed by atoms with Gasteiger partial charge in [0.2, 0.25) is 11.8 Å². The van der Waals surface area contributed by atoms with E-state index >= 15 is 0 Å². The Hall–Kier alpha value is -3.19. The average Bonchev–Trinajstić information content (AvgIpc) is 2.94. The zero-order valence-corrected chi connectivity index (χ0v) is 22.2. The summed E-state index contributed by atoms with van der Waals surface area (Å²) in [5.41, 5.74) is 2.52. The first-order chi connectivity index (χ1) is 18.6. The number of urea groups is 1. The predicted molar refractivity (Wildman–Crippen MR) is 147 cm³/mol. The molecule has 3 fully saturated rings. The van der Waals surface area contributed by atoms with Gasteiger partial charge in [0.1, 0.15) is 0 Å². The van der Waals surface area contributed by atoms with Crippen LogP contribution in [0.1, 0.15) is 43.2 Å². The lowest BCUT2D eigenvalue weighted by Gasteiger charge is -2.42. The van der Waals surface area contributed by atoms with E-state index in [0.29, 0.717) is 38.8 Å². The van der Waals surface area contributed by atoms with E-state index in [2.05, 4.69) is 45.9 Å². The van der Waals surface area contributed by atoms with Crippen molar-refractivity contribution in [2.24, 2.45) is 17.8 Å². The van der Waals surface area contributed by atoms with Crippen molar-refractivity contribution < 1.29 is 14.4 Å². The van der Waals surface area contributed by atoms with Crippen molar-refractivity contribution in [2.75, 3.05) is 32.7 Å². The number of likely N-dealkylation sites (tertiary alicyclic amines) is 1. The summed E-state index contributed by atoms with van der Waals surface area (Å²) in [5, 5.41) is 6.15. The highest BCUT2D eigenvalue weighted by atomic mass is 16.2. The van der Waals surface area contributed by atoms with E-state index < -0.39 is 0 Å². The van der Waals surface area contributed by atoms with Crippen molar-refractivity contribution in [3.63, 3.8) is 0 Å². The summed E-state index contributed by atoms with van der Waals surface area (Å²) in [6, 6.07) is 20.0. The molecule has 0 spiro atoms. The molecular weight excluding hydrogens is 476 g/mol. The number of benzene rings is 2. The Morgan fingerprint density at radius 3 is 2.26 bits per heavy atom. The minimum Gasteiger partial charge on any atom is -0.355 e. The van der Waals surface area contributed by atoms with Crippen LogP contribution >= 0.6 is 0 Å². The van der Waals surface area contributed by atoms with Gasteiger partial charge in [-0.2, -0.15) is 0 Å². The minimum absolute atomic E-state index is 0.0515. The molecule has 1 aliphatic carbocycles. The van der Waals surface area contributed by atoms with E-state index in [0.717, 1.165) is 37.5 Å². The van der Waals surface area contributed by atoms with Crippen LogP contribution in [0.3, 0.4) is 0 Å². The van der Waals surface area contributed by atoms with Crippen LogP contribution in [-0.4, -0.2) is 66.4 Å². The van der Waals surface area contributed by atoms with Crippen LogP contribution in [0.2, 0.25) is 0 Å². The highest BCUT2D eigenvalue weighted by Gasteiger charge is 2.45. The lowest BCUT2D eigenvalue weighted by atomic mass is 9.76. The lowest BCUT2D eigenvalue weighted by molar-refractivity contribution is -0.139. The molecule has 3 unspecified atom stereocenters. The summed E-state index contributed by atoms with van der Waals surface area (Å²) in [5.74, 6) is 0.308. The number of nitrogens with one attached hydrogen (secondary N) is 2. The number of nitrogens with zero attached hydrogens (tertiary/aromatic N) is 2. The van der Waals surface area contributed by atoms with Gasteiger partial charge in [-0.05, 0) is 75.1 Å². The van der Waals surface area contributed by atoms with Crippen molar-refractivity contribution in [2.45, 2.75) is 51.0 Å². The second kappa shape index (κ2) is 12.6. The monoisotopic (exact) mass is 516 g/mol. The Balaban J connectivity index is 1.02. The largest absolute Gasteiger partial charge is 0.355 e. The minimum atomic E-state index is -0.330. The molecule has 38 heavy (non-hydrogen) atoms. The zero-order valence-electron chi connectivity index (χ0n) is 22.2. The van der Waals surface area contributed by atoms with Crippen LogP contribution in [0.15, 0.2) is 60.7 Å². The summed E-state index contributed by atoms with van der Waals surface area (Å²) in [7, 11) is 0. The quantitative estimate of drug-likeness (QED) is 0.533. The van der Waals surface area contributed by atoms with Gasteiger partial charge in [0.15, 0.2) is 0 Å². The van der Waals surface area contributed by atoms with Gasteiger partial charge < -0.3 is 15.5 Å². The molecular formula is C31H40N4O3. The molecule has 0 aromatic heterocycles. The van der Waals surface area contributed by atoms with E-state index in [9.17, 15) is 14.4 Å². The molecule has 2 saturated heterocycles. The van der Waals surface area contributed by atoms with Crippen molar-refractivity contribution in [3.8, 4) is 0 Å². The molecule has 2 aromatic carbocycles. The molecule has 7 nitrogen and oxygen atoms in total. The fraction of sp³-hybridized carbons (Fsp3) is 0.516. The van der Waals surface area contributed by atoms with Gasteiger partial charge >= 0.3 is 6.03 Å². The zero-order chi connectivity index (χ0) is 26.3. The Bertz CT molecular complexity index is 1080. The van der Waals surface area contributed by atoms with Gasteiger partial charge in [0, 0.05) is 31.6 Å². The van der Waals surface area contributed by atoms with Gasteiger partial charge in [-0.15, -0.1) is 0 Å². The van der Waals surface area contributed by atoms with Crippen LogP contribution in [0.4, 0.5) is 4.79 Å². The van der Waals surface area contributed by atoms with Gasteiger partial charge in [0.25, 0.3) is 0 Å². The molecule has 1 saturated carbocycles. The SMILES string of the molecule is O=C(NCCN1CCC(Cc2ccccc2)CC1)C1CCC2C(=O)N(CCc3ccccc3)C(=O)NC2C1. The molecule has 2 heterocycles. The highest BCUT2D eigenvalue weighted by Crippen LogP contribution is 2.33. The predicted octanol–water partition coefficient (Wildman–Crippen LogP) is 3.64. The fourth-order valence-corrected chi connectivity index (χ4v) is 6.34. The summed E-state index contributed by atoms with van der Waals surface area (Å²) >= 11 is 0. The number of imide groups is 1. The molecule has 5 rings (SSSR count). The molecule has 2 N–H and O–H groups in total. The standard InChI is InChI=1S/C31H40N4O3/c36-29(32-16-20-34-17-13-25(14-18-34)21-24-9-5-2-6-10-24)26-11-12-27-28(22-26)33-31(38)35(30(27)37)19-15-23-7-3-1-4-8-23/h1-10,25-28H,11-22H2,(H,32,36)(H,33,38). The van der Waals surface area contributed by atoms with Crippen LogP contribution in [0.25, 0.3) is 0 Å². The van der Waals surface area contributed by atoms with E-state index in [1.54, 1.807) is 0 Å². The van der Waals surface area contributed by atoms with Crippen LogP contribution in [-0.2, 0) is 22.4 Å². The van der Waals surface area contributed by atoms with E-state index in [1.807, 2.05) is 30.3 Å². The van der Waals surface area contributed by atoms with Crippen molar-refractivity contribution in [3.05, 3.63) is 71.8 Å².